The second-order valence-electron chi connectivity index (χ2n) is 4.24. The molecule has 11 heavy (non-hydrogen) atoms. The van der Waals surface area contributed by atoms with E-state index in [4.69, 9.17) is 5.73 Å². The van der Waals surface area contributed by atoms with Crippen molar-refractivity contribution in [3.63, 3.8) is 0 Å². The summed E-state index contributed by atoms with van der Waals surface area (Å²) < 4.78 is 0. The highest BCUT2D eigenvalue weighted by Gasteiger charge is 2.43. The summed E-state index contributed by atoms with van der Waals surface area (Å²) in [5.74, 6) is 2.29. The lowest BCUT2D eigenvalue weighted by Crippen LogP contribution is -2.52. The third kappa shape index (κ3) is 1.11. The molecule has 3 fully saturated rings. The number of hydrogen-bond donors (Lipinski definition) is 2. The molecule has 0 amide bonds. The van der Waals surface area contributed by atoms with Crippen molar-refractivity contribution in [1.29, 1.82) is 0 Å². The third-order valence-electron chi connectivity index (χ3n) is 3.74. The Bertz CT molecular complexity index is 158. The van der Waals surface area contributed by atoms with E-state index in [0.717, 1.165) is 11.8 Å². The van der Waals surface area contributed by atoms with E-state index in [0.29, 0.717) is 17.2 Å². The fourth-order valence-electron chi connectivity index (χ4n) is 2.88. The monoisotopic (exact) mass is 171 g/mol. The molecule has 3 aliphatic carbocycles. The van der Waals surface area contributed by atoms with Crippen molar-refractivity contribution in [2.24, 2.45) is 23.5 Å². The zero-order valence-corrected chi connectivity index (χ0v) is 7.93. The Morgan fingerprint density at radius 1 is 1.36 bits per heavy atom. The quantitative estimate of drug-likeness (QED) is 0.533. The van der Waals surface area contributed by atoms with Gasteiger partial charge in [-0.1, -0.05) is 6.92 Å². The van der Waals surface area contributed by atoms with Gasteiger partial charge < -0.3 is 5.73 Å². The lowest BCUT2D eigenvalue weighted by atomic mass is 9.62. The molecule has 0 saturated heterocycles. The van der Waals surface area contributed by atoms with Gasteiger partial charge in [0.05, 0.1) is 0 Å². The predicted octanol–water partition coefficient (Wildman–Crippen LogP) is 1.68. The Hall–Kier alpha value is 0.310. The van der Waals surface area contributed by atoms with Crippen molar-refractivity contribution in [2.75, 3.05) is 0 Å². The molecule has 0 aromatic carbocycles. The molecule has 0 spiro atoms. The molecule has 0 aromatic heterocycles. The van der Waals surface area contributed by atoms with Crippen molar-refractivity contribution in [3.8, 4) is 0 Å². The maximum Gasteiger partial charge on any atom is 0.00964 e. The van der Waals surface area contributed by atoms with Crippen molar-refractivity contribution >= 4 is 12.6 Å². The number of thiol groups is 1. The Morgan fingerprint density at radius 2 is 2.09 bits per heavy atom. The summed E-state index contributed by atoms with van der Waals surface area (Å²) in [6.07, 6.45) is 3.99. The molecule has 2 N–H and O–H groups in total. The second-order valence-corrected chi connectivity index (χ2v) is 4.90. The average Bonchev–Trinajstić information content (AvgIpc) is 1.99. The van der Waals surface area contributed by atoms with Gasteiger partial charge in [0, 0.05) is 11.3 Å². The van der Waals surface area contributed by atoms with Crippen LogP contribution in [0.5, 0.6) is 0 Å². The molecule has 3 aliphatic rings. The summed E-state index contributed by atoms with van der Waals surface area (Å²) in [5.41, 5.74) is 6.09. The molecular formula is C9H17NS. The van der Waals surface area contributed by atoms with Crippen molar-refractivity contribution in [2.45, 2.75) is 37.5 Å². The van der Waals surface area contributed by atoms with E-state index in [-0.39, 0.29) is 0 Å². The van der Waals surface area contributed by atoms with E-state index in [2.05, 4.69) is 19.6 Å². The lowest BCUT2D eigenvalue weighted by Gasteiger charge is -2.49. The van der Waals surface area contributed by atoms with Crippen molar-refractivity contribution < 1.29 is 0 Å². The minimum Gasteiger partial charge on any atom is -0.327 e. The van der Waals surface area contributed by atoms with E-state index < -0.39 is 0 Å². The first-order valence-electron chi connectivity index (χ1n) is 4.64. The van der Waals surface area contributed by atoms with Crippen LogP contribution in [0.1, 0.15) is 26.2 Å². The van der Waals surface area contributed by atoms with Crippen LogP contribution in [0, 0.1) is 17.8 Å². The zero-order chi connectivity index (χ0) is 8.01. The van der Waals surface area contributed by atoms with E-state index in [1.807, 2.05) is 0 Å². The first-order chi connectivity index (χ1) is 5.20. The van der Waals surface area contributed by atoms with Gasteiger partial charge in [-0.15, -0.1) is 0 Å². The summed E-state index contributed by atoms with van der Waals surface area (Å²) in [7, 11) is 0. The van der Waals surface area contributed by atoms with Crippen LogP contribution >= 0.6 is 12.6 Å². The fraction of sp³-hybridized carbons (Fsp3) is 1.00. The number of nitrogens with two attached hydrogens (primary N) is 1. The minimum absolute atomic E-state index is 0.470. The van der Waals surface area contributed by atoms with Crippen LogP contribution < -0.4 is 5.73 Å². The lowest BCUT2D eigenvalue weighted by molar-refractivity contribution is 0.0903. The van der Waals surface area contributed by atoms with Gasteiger partial charge in [0.2, 0.25) is 0 Å². The van der Waals surface area contributed by atoms with Crippen LogP contribution in [-0.2, 0) is 0 Å². The van der Waals surface area contributed by atoms with E-state index in [1.165, 1.54) is 19.3 Å². The Morgan fingerprint density at radius 3 is 2.55 bits per heavy atom. The van der Waals surface area contributed by atoms with E-state index >= 15 is 0 Å². The molecular weight excluding hydrogens is 154 g/mol. The summed E-state index contributed by atoms with van der Waals surface area (Å²) in [5, 5.41) is 0.642. The van der Waals surface area contributed by atoms with Crippen LogP contribution in [0.15, 0.2) is 0 Å². The summed E-state index contributed by atoms with van der Waals surface area (Å²) >= 11 is 4.61. The molecule has 1 nitrogen and oxygen atoms in total. The highest BCUT2D eigenvalue weighted by molar-refractivity contribution is 7.81. The van der Waals surface area contributed by atoms with Crippen LogP contribution in [0.3, 0.4) is 0 Å². The van der Waals surface area contributed by atoms with Crippen LogP contribution in [-0.4, -0.2) is 11.3 Å². The topological polar surface area (TPSA) is 26.0 Å². The van der Waals surface area contributed by atoms with Gasteiger partial charge in [0.1, 0.15) is 0 Å². The molecule has 2 bridgehead atoms. The van der Waals surface area contributed by atoms with Crippen LogP contribution in [0.25, 0.3) is 0 Å². The SMILES string of the molecule is CC1C(N)C2CCC1C(S)C2. The molecule has 0 heterocycles. The van der Waals surface area contributed by atoms with Gasteiger partial charge in [-0.05, 0) is 37.0 Å². The summed E-state index contributed by atoms with van der Waals surface area (Å²) in [4.78, 5) is 0. The molecule has 5 atom stereocenters. The standard InChI is InChI=1S/C9H17NS/c1-5-7-3-2-6(9(5)10)4-8(7)11/h5-9,11H,2-4,10H2,1H3. The maximum atomic E-state index is 6.09. The highest BCUT2D eigenvalue weighted by atomic mass is 32.1. The molecule has 0 radical (unpaired) electrons. The Labute approximate surface area is 74.1 Å². The van der Waals surface area contributed by atoms with Crippen LogP contribution in [0.2, 0.25) is 0 Å². The predicted molar refractivity (Wildman–Crippen MR) is 50.7 cm³/mol. The molecule has 0 aliphatic heterocycles. The normalized spacial score (nSPS) is 56.5. The Balaban J connectivity index is 2.16. The molecule has 5 unspecified atom stereocenters. The number of fused-ring (bicyclic) bond motifs is 3. The minimum atomic E-state index is 0.470. The number of rotatable bonds is 0. The van der Waals surface area contributed by atoms with Gasteiger partial charge in [-0.25, -0.2) is 0 Å². The second kappa shape index (κ2) is 2.67. The van der Waals surface area contributed by atoms with E-state index in [1.54, 1.807) is 0 Å². The first-order valence-corrected chi connectivity index (χ1v) is 5.15. The maximum absolute atomic E-state index is 6.09. The molecule has 64 valence electrons. The molecule has 0 aromatic rings. The fourth-order valence-corrected chi connectivity index (χ4v) is 3.57. The van der Waals surface area contributed by atoms with Gasteiger partial charge in [-0.2, -0.15) is 12.6 Å². The highest BCUT2D eigenvalue weighted by Crippen LogP contribution is 2.46. The van der Waals surface area contributed by atoms with Gasteiger partial charge >= 0.3 is 0 Å². The molecule has 2 heteroatoms. The smallest absolute Gasteiger partial charge is 0.00964 e. The summed E-state index contributed by atoms with van der Waals surface area (Å²) in [6.45, 7) is 2.30. The summed E-state index contributed by atoms with van der Waals surface area (Å²) in [6, 6.07) is 0.470. The third-order valence-corrected chi connectivity index (χ3v) is 4.33. The molecule has 3 saturated carbocycles. The zero-order valence-electron chi connectivity index (χ0n) is 7.03. The number of hydrogen-bond acceptors (Lipinski definition) is 2. The van der Waals surface area contributed by atoms with E-state index in [9.17, 15) is 0 Å². The largest absolute Gasteiger partial charge is 0.327 e. The van der Waals surface area contributed by atoms with Gasteiger partial charge in [-0.3, -0.25) is 0 Å². The first kappa shape index (κ1) is 7.93. The average molecular weight is 171 g/mol. The van der Waals surface area contributed by atoms with Crippen LogP contribution in [0.4, 0.5) is 0 Å². The molecule has 3 rings (SSSR count). The Kier molecular flexibility index (Phi) is 1.92. The van der Waals surface area contributed by atoms with Gasteiger partial charge in [0.25, 0.3) is 0 Å². The van der Waals surface area contributed by atoms with Crippen molar-refractivity contribution in [3.05, 3.63) is 0 Å². The van der Waals surface area contributed by atoms with Crippen molar-refractivity contribution in [1.82, 2.24) is 0 Å². The van der Waals surface area contributed by atoms with Gasteiger partial charge in [0.15, 0.2) is 0 Å².